The lowest BCUT2D eigenvalue weighted by molar-refractivity contribution is -0.384. The van der Waals surface area contributed by atoms with Gasteiger partial charge in [-0.1, -0.05) is 66.2 Å². The van der Waals surface area contributed by atoms with Crippen LogP contribution < -0.4 is 4.90 Å². The fraction of sp³-hybridized carbons (Fsp3) is 0.156. The van der Waals surface area contributed by atoms with Crippen LogP contribution >= 0.6 is 11.6 Å². The quantitative estimate of drug-likeness (QED) is 0.195. The molecule has 198 valence electrons. The summed E-state index contributed by atoms with van der Waals surface area (Å²) < 4.78 is 0. The lowest BCUT2D eigenvalue weighted by atomic mass is 9.72. The highest BCUT2D eigenvalue weighted by molar-refractivity contribution is 6.30. The first-order chi connectivity index (χ1) is 19.4. The second kappa shape index (κ2) is 10.5. The predicted octanol–water partition coefficient (Wildman–Crippen LogP) is 7.49. The molecular weight excluding hydrogens is 526 g/mol. The second-order valence-electron chi connectivity index (χ2n) is 10.0. The minimum Gasteiger partial charge on any atom is -0.299 e. The van der Waals surface area contributed by atoms with Crippen LogP contribution in [0.15, 0.2) is 108 Å². The van der Waals surface area contributed by atoms with Crippen molar-refractivity contribution in [3.63, 3.8) is 0 Å². The van der Waals surface area contributed by atoms with Crippen LogP contribution in [0.5, 0.6) is 0 Å². The Bertz CT molecular complexity index is 1650. The summed E-state index contributed by atoms with van der Waals surface area (Å²) in [4.78, 5) is 46.2. The molecule has 40 heavy (non-hydrogen) atoms. The van der Waals surface area contributed by atoms with Gasteiger partial charge in [0.15, 0.2) is 0 Å². The molecule has 8 heteroatoms. The number of ketones is 1. The van der Waals surface area contributed by atoms with Gasteiger partial charge in [0.2, 0.25) is 0 Å². The zero-order valence-electron chi connectivity index (χ0n) is 21.3. The van der Waals surface area contributed by atoms with Crippen LogP contribution in [0.1, 0.15) is 46.3 Å². The fourth-order valence-electron chi connectivity index (χ4n) is 5.79. The van der Waals surface area contributed by atoms with E-state index in [2.05, 4.69) is 0 Å². The number of nitro groups is 1. The van der Waals surface area contributed by atoms with Crippen LogP contribution in [0.4, 0.5) is 17.1 Å². The fourth-order valence-corrected chi connectivity index (χ4v) is 5.91. The number of carbonyl (C=O) groups excluding carboxylic acids is 2. The van der Waals surface area contributed by atoms with Gasteiger partial charge in [0.1, 0.15) is 5.78 Å². The van der Waals surface area contributed by atoms with Gasteiger partial charge in [0.25, 0.3) is 11.6 Å². The number of rotatable bonds is 4. The highest BCUT2D eigenvalue weighted by Gasteiger charge is 2.46. The minimum atomic E-state index is -0.825. The molecule has 1 aliphatic heterocycles. The average Bonchev–Trinajstić information content (AvgIpc) is 3.12. The molecule has 4 aromatic carbocycles. The number of hydrogen-bond acceptors (Lipinski definition) is 5. The molecule has 0 aromatic heterocycles. The number of amides is 1. The standard InChI is InChI=1S/C32H24ClN3O4/c33-24-15-13-20(14-16-24)23-18-27-30(29(37)19-23)31(22-9-6-10-25(17-22)36(39)40)35(28-12-5-4-11-26(28)34-27)32(38)21-7-2-1-3-8-21/h1-17,23,30-31H,18-19H2. The lowest BCUT2D eigenvalue weighted by Gasteiger charge is -2.39. The molecule has 6 rings (SSSR count). The summed E-state index contributed by atoms with van der Waals surface area (Å²) in [6.45, 7) is 0. The highest BCUT2D eigenvalue weighted by Crippen LogP contribution is 2.48. The van der Waals surface area contributed by atoms with Gasteiger partial charge in [0, 0.05) is 34.9 Å². The highest BCUT2D eigenvalue weighted by atomic mass is 35.5. The van der Waals surface area contributed by atoms with E-state index in [-0.39, 0.29) is 29.7 Å². The summed E-state index contributed by atoms with van der Waals surface area (Å²) in [6.07, 6.45) is 0.756. The van der Waals surface area contributed by atoms with Gasteiger partial charge in [0.05, 0.1) is 28.3 Å². The normalized spacial score (nSPS) is 20.1. The number of hydrogen-bond donors (Lipinski definition) is 0. The van der Waals surface area contributed by atoms with E-state index < -0.39 is 16.9 Å². The Morgan fingerprint density at radius 3 is 2.35 bits per heavy atom. The van der Waals surface area contributed by atoms with Gasteiger partial charge in [-0.15, -0.1) is 0 Å². The summed E-state index contributed by atoms with van der Waals surface area (Å²) in [7, 11) is 0. The van der Waals surface area contributed by atoms with Crippen LogP contribution in [-0.4, -0.2) is 22.3 Å². The van der Waals surface area contributed by atoms with Crippen molar-refractivity contribution in [3.8, 4) is 0 Å². The molecule has 3 unspecified atom stereocenters. The van der Waals surface area contributed by atoms with E-state index in [9.17, 15) is 19.7 Å². The van der Waals surface area contributed by atoms with Gasteiger partial charge in [-0.2, -0.15) is 0 Å². The zero-order chi connectivity index (χ0) is 27.8. The number of anilines is 1. The molecular formula is C32H24ClN3O4. The summed E-state index contributed by atoms with van der Waals surface area (Å²) in [5.74, 6) is -1.26. The van der Waals surface area contributed by atoms with E-state index >= 15 is 0 Å². The van der Waals surface area contributed by atoms with E-state index in [1.165, 1.54) is 12.1 Å². The van der Waals surface area contributed by atoms with Gasteiger partial charge in [-0.3, -0.25) is 29.6 Å². The van der Waals surface area contributed by atoms with Crippen LogP contribution in [0, 0.1) is 16.0 Å². The van der Waals surface area contributed by atoms with E-state index in [0.717, 1.165) is 5.56 Å². The number of para-hydroxylation sites is 2. The SMILES string of the molecule is O=C1CC(c2ccc(Cl)cc2)CC2=Nc3ccccc3N(C(=O)c3ccccc3)C(c3cccc([N+](=O)[O-])c3)C12. The maximum absolute atomic E-state index is 14.2. The number of carbonyl (C=O) groups is 2. The van der Waals surface area contributed by atoms with Crippen molar-refractivity contribution < 1.29 is 14.5 Å². The van der Waals surface area contributed by atoms with Crippen LogP contribution in [-0.2, 0) is 4.79 Å². The third-order valence-electron chi connectivity index (χ3n) is 7.61. The van der Waals surface area contributed by atoms with Crippen LogP contribution in [0.3, 0.4) is 0 Å². The number of Topliss-reactive ketones (excluding diaryl/α,β-unsaturated/α-hetero) is 1. The average molecular weight is 550 g/mol. The molecule has 1 amide bonds. The van der Waals surface area contributed by atoms with E-state index in [1.807, 2.05) is 54.6 Å². The molecule has 0 radical (unpaired) electrons. The predicted molar refractivity (Wildman–Crippen MR) is 155 cm³/mol. The molecule has 4 aromatic rings. The van der Waals surface area contributed by atoms with E-state index in [4.69, 9.17) is 16.6 Å². The molecule has 1 aliphatic carbocycles. The summed E-state index contributed by atoms with van der Waals surface area (Å²) in [5, 5.41) is 12.4. The molecule has 0 spiro atoms. The third kappa shape index (κ3) is 4.69. The molecule has 3 atom stereocenters. The molecule has 1 heterocycles. The van der Waals surface area contributed by atoms with Gasteiger partial charge in [-0.05, 0) is 59.9 Å². The lowest BCUT2D eigenvalue weighted by Crippen LogP contribution is -2.45. The van der Waals surface area contributed by atoms with Crippen molar-refractivity contribution in [2.45, 2.75) is 24.8 Å². The number of nitrogens with zero attached hydrogens (tertiary/aromatic N) is 3. The first-order valence-electron chi connectivity index (χ1n) is 13.0. The summed E-state index contributed by atoms with van der Waals surface area (Å²) in [5.41, 5.74) is 3.60. The largest absolute Gasteiger partial charge is 0.299 e. The number of aliphatic imine (C=N–C) groups is 1. The number of halogens is 1. The second-order valence-corrected chi connectivity index (χ2v) is 10.5. The molecule has 1 fully saturated rings. The van der Waals surface area contributed by atoms with Gasteiger partial charge < -0.3 is 0 Å². The first-order valence-corrected chi connectivity index (χ1v) is 13.4. The van der Waals surface area contributed by atoms with Crippen molar-refractivity contribution in [2.75, 3.05) is 4.90 Å². The number of benzene rings is 4. The van der Waals surface area contributed by atoms with E-state index in [1.54, 1.807) is 41.3 Å². The maximum Gasteiger partial charge on any atom is 0.269 e. The third-order valence-corrected chi connectivity index (χ3v) is 7.86. The van der Waals surface area contributed by atoms with Gasteiger partial charge in [-0.25, -0.2) is 0 Å². The Morgan fingerprint density at radius 1 is 0.875 bits per heavy atom. The summed E-state index contributed by atoms with van der Waals surface area (Å²) in [6, 6.07) is 29.0. The number of nitro benzene ring substituents is 1. The topological polar surface area (TPSA) is 92.9 Å². The Labute approximate surface area is 235 Å². The monoisotopic (exact) mass is 549 g/mol. The van der Waals surface area contributed by atoms with Crippen LogP contribution in [0.2, 0.25) is 5.02 Å². The minimum absolute atomic E-state index is 0.0693. The Hall–Kier alpha value is -4.62. The summed E-state index contributed by atoms with van der Waals surface area (Å²) >= 11 is 6.11. The molecule has 0 bridgehead atoms. The number of fused-ring (bicyclic) bond motifs is 2. The molecule has 1 saturated carbocycles. The van der Waals surface area contributed by atoms with Crippen molar-refractivity contribution in [3.05, 3.63) is 135 Å². The maximum atomic E-state index is 14.2. The molecule has 7 nitrogen and oxygen atoms in total. The smallest absolute Gasteiger partial charge is 0.269 e. The molecule has 2 aliphatic rings. The zero-order valence-corrected chi connectivity index (χ0v) is 22.1. The van der Waals surface area contributed by atoms with Crippen molar-refractivity contribution in [1.29, 1.82) is 0 Å². The Morgan fingerprint density at radius 2 is 1.60 bits per heavy atom. The van der Waals surface area contributed by atoms with Gasteiger partial charge >= 0.3 is 0 Å². The molecule has 0 saturated heterocycles. The van der Waals surface area contributed by atoms with Crippen molar-refractivity contribution >= 4 is 46.1 Å². The Kier molecular flexibility index (Phi) is 6.74. The van der Waals surface area contributed by atoms with Crippen molar-refractivity contribution in [2.24, 2.45) is 10.9 Å². The van der Waals surface area contributed by atoms with Crippen LogP contribution in [0.25, 0.3) is 0 Å². The molecule has 0 N–H and O–H groups in total. The number of non-ortho nitro benzene ring substituents is 1. The first kappa shape index (κ1) is 25.6. The van der Waals surface area contributed by atoms with Crippen molar-refractivity contribution in [1.82, 2.24) is 0 Å². The Balaban J connectivity index is 1.55. The van der Waals surface area contributed by atoms with E-state index in [0.29, 0.717) is 39.7 Å².